The van der Waals surface area contributed by atoms with Crippen LogP contribution in [-0.4, -0.2) is 34.8 Å². The molecule has 0 saturated carbocycles. The van der Waals surface area contributed by atoms with Crippen molar-refractivity contribution in [1.82, 2.24) is 9.88 Å². The lowest BCUT2D eigenvalue weighted by atomic mass is 10.2. The summed E-state index contributed by atoms with van der Waals surface area (Å²) in [6.45, 7) is 6.11. The van der Waals surface area contributed by atoms with E-state index in [2.05, 4.69) is 4.98 Å². The number of amides is 2. The van der Waals surface area contributed by atoms with E-state index in [1.807, 2.05) is 20.8 Å². The van der Waals surface area contributed by atoms with E-state index in [1.165, 1.54) is 16.2 Å². The highest BCUT2D eigenvalue weighted by molar-refractivity contribution is 7.09. The van der Waals surface area contributed by atoms with E-state index in [-0.39, 0.29) is 24.4 Å². The van der Waals surface area contributed by atoms with Gasteiger partial charge in [0.1, 0.15) is 10.7 Å². The van der Waals surface area contributed by atoms with Crippen LogP contribution in [0.25, 0.3) is 0 Å². The Morgan fingerprint density at radius 3 is 2.47 bits per heavy atom. The van der Waals surface area contributed by atoms with Gasteiger partial charge in [-0.15, -0.1) is 11.3 Å². The highest BCUT2D eigenvalue weighted by Gasteiger charge is 2.21. The Morgan fingerprint density at radius 1 is 1.42 bits per heavy atom. The lowest BCUT2D eigenvalue weighted by molar-refractivity contribution is -0.118. The summed E-state index contributed by atoms with van der Waals surface area (Å²) in [6.07, 6.45) is 0. The monoisotopic (exact) mass is 284 g/mol. The maximum atomic E-state index is 12.3. The lowest BCUT2D eigenvalue weighted by Crippen LogP contribution is -2.40. The van der Waals surface area contributed by atoms with E-state index in [1.54, 1.807) is 5.38 Å². The maximum absolute atomic E-state index is 12.3. The van der Waals surface area contributed by atoms with Gasteiger partial charge in [0.05, 0.1) is 12.6 Å². The Morgan fingerprint density at radius 2 is 2.05 bits per heavy atom. The van der Waals surface area contributed by atoms with Crippen molar-refractivity contribution in [2.75, 3.05) is 13.1 Å². The van der Waals surface area contributed by atoms with Gasteiger partial charge in [0.2, 0.25) is 5.91 Å². The molecule has 4 N–H and O–H groups in total. The summed E-state index contributed by atoms with van der Waals surface area (Å²) in [5.41, 5.74) is 11.2. The minimum atomic E-state index is -0.531. The third-order valence-electron chi connectivity index (χ3n) is 2.35. The van der Waals surface area contributed by atoms with E-state index in [0.717, 1.165) is 0 Å². The number of nitrogens with two attached hydrogens (primary N) is 2. The van der Waals surface area contributed by atoms with Gasteiger partial charge in [-0.3, -0.25) is 9.59 Å². The summed E-state index contributed by atoms with van der Waals surface area (Å²) in [6, 6.07) is -0.207. The van der Waals surface area contributed by atoms with Crippen LogP contribution in [0.2, 0.25) is 0 Å². The topological polar surface area (TPSA) is 102 Å². The van der Waals surface area contributed by atoms with Crippen LogP contribution in [0.5, 0.6) is 0 Å². The number of hydrogen-bond donors (Lipinski definition) is 2. The summed E-state index contributed by atoms with van der Waals surface area (Å²) in [4.78, 5) is 28.9. The van der Waals surface area contributed by atoms with Gasteiger partial charge in [0, 0.05) is 11.9 Å². The predicted octanol–water partition coefficient (Wildman–Crippen LogP) is 0.746. The third kappa shape index (κ3) is 4.60. The van der Waals surface area contributed by atoms with Crippen molar-refractivity contribution < 1.29 is 9.59 Å². The molecule has 0 fully saturated rings. The molecule has 0 spiro atoms. The molecule has 1 aromatic rings. The van der Waals surface area contributed by atoms with Crippen molar-refractivity contribution in [2.45, 2.75) is 26.8 Å². The standard InChI is InChI=1S/C12H20N4O2S/c1-7(2)4-16(5-10(14)17)12(18)9-6-19-11(15-9)8(3)13/h6-8H,4-5,13H2,1-3H3,(H2,14,17). The molecular weight excluding hydrogens is 264 g/mol. The van der Waals surface area contributed by atoms with E-state index >= 15 is 0 Å². The Kier molecular flexibility index (Phi) is 5.44. The van der Waals surface area contributed by atoms with Crippen molar-refractivity contribution in [3.05, 3.63) is 16.1 Å². The molecule has 1 heterocycles. The molecular formula is C12H20N4O2S. The molecule has 0 aliphatic rings. The first-order valence-electron chi connectivity index (χ1n) is 6.09. The van der Waals surface area contributed by atoms with Gasteiger partial charge in [0.25, 0.3) is 5.91 Å². The fraction of sp³-hybridized carbons (Fsp3) is 0.583. The van der Waals surface area contributed by atoms with E-state index in [4.69, 9.17) is 11.5 Å². The Bertz CT molecular complexity index is 456. The van der Waals surface area contributed by atoms with E-state index in [9.17, 15) is 9.59 Å². The summed E-state index contributed by atoms with van der Waals surface area (Å²) >= 11 is 1.34. The molecule has 1 atom stereocenters. The molecule has 2 amide bonds. The molecule has 0 aliphatic carbocycles. The third-order valence-corrected chi connectivity index (χ3v) is 3.40. The molecule has 106 valence electrons. The van der Waals surface area contributed by atoms with Crippen LogP contribution < -0.4 is 11.5 Å². The minimum absolute atomic E-state index is 0.0952. The number of primary amides is 1. The molecule has 7 heteroatoms. The van der Waals surface area contributed by atoms with Gasteiger partial charge >= 0.3 is 0 Å². The quantitative estimate of drug-likeness (QED) is 0.804. The van der Waals surface area contributed by atoms with E-state index in [0.29, 0.717) is 17.2 Å². The molecule has 0 bridgehead atoms. The summed E-state index contributed by atoms with van der Waals surface area (Å²) < 4.78 is 0. The van der Waals surface area contributed by atoms with Gasteiger partial charge in [0.15, 0.2) is 0 Å². The highest BCUT2D eigenvalue weighted by Crippen LogP contribution is 2.17. The number of aromatic nitrogens is 1. The van der Waals surface area contributed by atoms with Crippen molar-refractivity contribution in [2.24, 2.45) is 17.4 Å². The van der Waals surface area contributed by atoms with Crippen LogP contribution in [0.1, 0.15) is 42.3 Å². The van der Waals surface area contributed by atoms with Crippen LogP contribution in [0.3, 0.4) is 0 Å². The Balaban J connectivity index is 2.87. The highest BCUT2D eigenvalue weighted by atomic mass is 32.1. The zero-order valence-electron chi connectivity index (χ0n) is 11.4. The average molecular weight is 284 g/mol. The molecule has 19 heavy (non-hydrogen) atoms. The Labute approximate surface area is 116 Å². The number of nitrogens with zero attached hydrogens (tertiary/aromatic N) is 2. The van der Waals surface area contributed by atoms with Gasteiger partial charge in [-0.1, -0.05) is 13.8 Å². The summed E-state index contributed by atoms with van der Waals surface area (Å²) in [5.74, 6) is -0.567. The zero-order valence-corrected chi connectivity index (χ0v) is 12.2. The lowest BCUT2D eigenvalue weighted by Gasteiger charge is -2.22. The first kappa shape index (κ1) is 15.6. The number of carbonyl (C=O) groups excluding carboxylic acids is 2. The normalized spacial score (nSPS) is 12.5. The Hall–Kier alpha value is -1.47. The number of thiazole rings is 1. The largest absolute Gasteiger partial charge is 0.368 e. The van der Waals surface area contributed by atoms with Crippen molar-refractivity contribution in [3.63, 3.8) is 0 Å². The van der Waals surface area contributed by atoms with Crippen LogP contribution in [-0.2, 0) is 4.79 Å². The molecule has 1 unspecified atom stereocenters. The van der Waals surface area contributed by atoms with Crippen molar-refractivity contribution in [3.8, 4) is 0 Å². The number of hydrogen-bond acceptors (Lipinski definition) is 5. The molecule has 1 aromatic heterocycles. The molecule has 6 nitrogen and oxygen atoms in total. The van der Waals surface area contributed by atoms with Gasteiger partial charge in [-0.05, 0) is 12.8 Å². The van der Waals surface area contributed by atoms with Crippen LogP contribution in [0.15, 0.2) is 5.38 Å². The zero-order chi connectivity index (χ0) is 14.6. The fourth-order valence-corrected chi connectivity index (χ4v) is 2.36. The first-order chi connectivity index (χ1) is 8.81. The van der Waals surface area contributed by atoms with Crippen LogP contribution >= 0.6 is 11.3 Å². The molecule has 1 rings (SSSR count). The summed E-state index contributed by atoms with van der Waals surface area (Å²) in [5, 5.41) is 2.36. The number of carbonyl (C=O) groups is 2. The smallest absolute Gasteiger partial charge is 0.273 e. The second-order valence-corrected chi connectivity index (χ2v) is 5.80. The van der Waals surface area contributed by atoms with Gasteiger partial charge in [-0.2, -0.15) is 0 Å². The molecule has 0 aliphatic heterocycles. The first-order valence-corrected chi connectivity index (χ1v) is 6.97. The summed E-state index contributed by atoms with van der Waals surface area (Å²) in [7, 11) is 0. The molecule has 0 saturated heterocycles. The van der Waals surface area contributed by atoms with Crippen LogP contribution in [0.4, 0.5) is 0 Å². The maximum Gasteiger partial charge on any atom is 0.273 e. The predicted molar refractivity (Wildman–Crippen MR) is 74.7 cm³/mol. The second kappa shape index (κ2) is 6.63. The number of rotatable bonds is 6. The van der Waals surface area contributed by atoms with Gasteiger partial charge in [-0.25, -0.2) is 4.98 Å². The van der Waals surface area contributed by atoms with Crippen LogP contribution in [0, 0.1) is 5.92 Å². The van der Waals surface area contributed by atoms with E-state index < -0.39 is 5.91 Å². The SMILES string of the molecule is CC(C)CN(CC(N)=O)C(=O)c1csc(C(C)N)n1. The fourth-order valence-electron chi connectivity index (χ4n) is 1.61. The average Bonchev–Trinajstić information content (AvgIpc) is 2.75. The van der Waals surface area contributed by atoms with Gasteiger partial charge < -0.3 is 16.4 Å². The molecule has 0 aromatic carbocycles. The minimum Gasteiger partial charge on any atom is -0.368 e. The van der Waals surface area contributed by atoms with Crippen molar-refractivity contribution in [1.29, 1.82) is 0 Å². The second-order valence-electron chi connectivity index (χ2n) is 4.91. The molecule has 0 radical (unpaired) electrons. The van der Waals surface area contributed by atoms with Crippen molar-refractivity contribution >= 4 is 23.2 Å².